The standard InChI is InChI=1S/C21H19N5O4S2/c1-14-24-25-20(30-14)18-12-13-19(31-18)32(28,29)26(2)17-10-8-16(9-11-17)23-21(27)22-15-6-4-3-5-7-15/h3-13H,1-2H3,(H2,22,23,27). The predicted octanol–water partition coefficient (Wildman–Crippen LogP) is 4.58. The molecule has 0 bridgehead atoms. The molecule has 11 heteroatoms. The van der Waals surface area contributed by atoms with Crippen LogP contribution < -0.4 is 14.9 Å². The number of sulfonamides is 1. The minimum atomic E-state index is -3.79. The summed E-state index contributed by atoms with van der Waals surface area (Å²) in [6.45, 7) is 1.67. The topological polar surface area (TPSA) is 117 Å². The second-order valence-electron chi connectivity index (χ2n) is 6.71. The molecule has 0 saturated carbocycles. The number of rotatable bonds is 6. The van der Waals surface area contributed by atoms with E-state index in [-0.39, 0.29) is 10.1 Å². The minimum absolute atomic E-state index is 0.148. The highest BCUT2D eigenvalue weighted by molar-refractivity contribution is 7.94. The zero-order valence-corrected chi connectivity index (χ0v) is 18.8. The lowest BCUT2D eigenvalue weighted by Crippen LogP contribution is -2.25. The van der Waals surface area contributed by atoms with Crippen LogP contribution in [0, 0.1) is 6.92 Å². The number of hydrogen-bond acceptors (Lipinski definition) is 7. The number of aromatic nitrogens is 2. The van der Waals surface area contributed by atoms with Gasteiger partial charge in [0.05, 0.1) is 10.6 Å². The van der Waals surface area contributed by atoms with Gasteiger partial charge in [0, 0.05) is 25.3 Å². The van der Waals surface area contributed by atoms with Gasteiger partial charge in [0.25, 0.3) is 15.9 Å². The number of para-hydroxylation sites is 1. The van der Waals surface area contributed by atoms with Gasteiger partial charge >= 0.3 is 6.03 Å². The molecule has 0 fully saturated rings. The fourth-order valence-electron chi connectivity index (χ4n) is 2.81. The van der Waals surface area contributed by atoms with E-state index in [1.165, 1.54) is 17.4 Å². The average Bonchev–Trinajstić information content (AvgIpc) is 3.44. The number of hydrogen-bond donors (Lipinski definition) is 2. The van der Waals surface area contributed by atoms with Crippen molar-refractivity contribution in [1.29, 1.82) is 0 Å². The van der Waals surface area contributed by atoms with Crippen molar-refractivity contribution < 1.29 is 17.6 Å². The molecule has 0 aliphatic heterocycles. The molecule has 0 radical (unpaired) electrons. The molecule has 0 aliphatic carbocycles. The number of nitrogens with one attached hydrogen (secondary N) is 2. The lowest BCUT2D eigenvalue weighted by Gasteiger charge is -2.19. The van der Waals surface area contributed by atoms with Gasteiger partial charge in [-0.3, -0.25) is 4.31 Å². The van der Waals surface area contributed by atoms with E-state index in [4.69, 9.17) is 4.42 Å². The van der Waals surface area contributed by atoms with Crippen molar-refractivity contribution in [3.63, 3.8) is 0 Å². The fourth-order valence-corrected chi connectivity index (χ4v) is 5.41. The lowest BCUT2D eigenvalue weighted by atomic mass is 10.3. The summed E-state index contributed by atoms with van der Waals surface area (Å²) in [5.74, 6) is 0.682. The molecule has 9 nitrogen and oxygen atoms in total. The second kappa shape index (κ2) is 8.81. The van der Waals surface area contributed by atoms with E-state index in [2.05, 4.69) is 20.8 Å². The molecule has 0 spiro atoms. The number of urea groups is 1. The summed E-state index contributed by atoms with van der Waals surface area (Å²) < 4.78 is 32.8. The summed E-state index contributed by atoms with van der Waals surface area (Å²) in [7, 11) is -2.32. The van der Waals surface area contributed by atoms with E-state index in [1.807, 2.05) is 18.2 Å². The maximum Gasteiger partial charge on any atom is 0.323 e. The number of benzene rings is 2. The van der Waals surface area contributed by atoms with Gasteiger partial charge in [0.2, 0.25) is 5.89 Å². The van der Waals surface area contributed by atoms with Crippen molar-refractivity contribution in [3.8, 4) is 10.8 Å². The third kappa shape index (κ3) is 4.63. The van der Waals surface area contributed by atoms with Gasteiger partial charge in [-0.15, -0.1) is 21.5 Å². The number of anilines is 3. The number of thiophene rings is 1. The molecule has 0 unspecified atom stereocenters. The van der Waals surface area contributed by atoms with E-state index in [0.717, 1.165) is 11.3 Å². The van der Waals surface area contributed by atoms with Gasteiger partial charge in [-0.1, -0.05) is 18.2 Å². The Labute approximate surface area is 188 Å². The number of carbonyl (C=O) groups is 1. The molecule has 164 valence electrons. The Morgan fingerprint density at radius 3 is 2.22 bits per heavy atom. The van der Waals surface area contributed by atoms with Crippen molar-refractivity contribution in [2.24, 2.45) is 0 Å². The summed E-state index contributed by atoms with van der Waals surface area (Å²) in [6.07, 6.45) is 0. The average molecular weight is 470 g/mol. The molecule has 2 aromatic heterocycles. The van der Waals surface area contributed by atoms with Crippen LogP contribution in [0.5, 0.6) is 0 Å². The van der Waals surface area contributed by atoms with E-state index in [0.29, 0.717) is 27.8 Å². The number of carbonyl (C=O) groups excluding carboxylic acids is 1. The molecule has 2 N–H and O–H groups in total. The molecule has 0 aliphatic rings. The van der Waals surface area contributed by atoms with Gasteiger partial charge < -0.3 is 15.1 Å². The van der Waals surface area contributed by atoms with Gasteiger partial charge in [-0.25, -0.2) is 13.2 Å². The van der Waals surface area contributed by atoms with Crippen molar-refractivity contribution in [2.45, 2.75) is 11.1 Å². The summed E-state index contributed by atoms with van der Waals surface area (Å²) >= 11 is 1.05. The van der Waals surface area contributed by atoms with Crippen LogP contribution in [-0.4, -0.2) is 31.7 Å². The Hall–Kier alpha value is -3.70. The van der Waals surface area contributed by atoms with Gasteiger partial charge in [-0.05, 0) is 48.5 Å². The van der Waals surface area contributed by atoms with Crippen LogP contribution in [0.25, 0.3) is 10.8 Å². The third-order valence-electron chi connectivity index (χ3n) is 4.45. The predicted molar refractivity (Wildman–Crippen MR) is 123 cm³/mol. The molecule has 0 atom stereocenters. The van der Waals surface area contributed by atoms with Gasteiger partial charge in [0.1, 0.15) is 4.21 Å². The minimum Gasteiger partial charge on any atom is -0.420 e. The highest BCUT2D eigenvalue weighted by Crippen LogP contribution is 2.33. The van der Waals surface area contributed by atoms with Crippen molar-refractivity contribution in [3.05, 3.63) is 72.6 Å². The first kappa shape index (κ1) is 21.5. The van der Waals surface area contributed by atoms with Crippen LogP contribution in [0.4, 0.5) is 21.9 Å². The number of amides is 2. The van der Waals surface area contributed by atoms with Crippen LogP contribution in [0.2, 0.25) is 0 Å². The lowest BCUT2D eigenvalue weighted by molar-refractivity contribution is 0.262. The van der Waals surface area contributed by atoms with E-state index >= 15 is 0 Å². The Balaban J connectivity index is 1.45. The third-order valence-corrected chi connectivity index (χ3v) is 7.78. The maximum absolute atomic E-state index is 13.0. The second-order valence-corrected chi connectivity index (χ2v) is 9.99. The molecule has 4 aromatic rings. The van der Waals surface area contributed by atoms with Crippen LogP contribution >= 0.6 is 11.3 Å². The van der Waals surface area contributed by atoms with Crippen molar-refractivity contribution in [2.75, 3.05) is 22.0 Å². The summed E-state index contributed by atoms with van der Waals surface area (Å²) in [4.78, 5) is 12.7. The largest absolute Gasteiger partial charge is 0.420 e. The Morgan fingerprint density at radius 2 is 1.59 bits per heavy atom. The molecule has 2 amide bonds. The zero-order chi connectivity index (χ0) is 22.7. The molecule has 4 rings (SSSR count). The Morgan fingerprint density at radius 1 is 0.938 bits per heavy atom. The first-order valence-electron chi connectivity index (χ1n) is 9.45. The van der Waals surface area contributed by atoms with Crippen LogP contribution in [-0.2, 0) is 10.0 Å². The van der Waals surface area contributed by atoms with E-state index in [9.17, 15) is 13.2 Å². The van der Waals surface area contributed by atoms with Gasteiger partial charge in [-0.2, -0.15) is 0 Å². The summed E-state index contributed by atoms with van der Waals surface area (Å²) in [6, 6.07) is 18.3. The van der Waals surface area contributed by atoms with Gasteiger partial charge in [0.15, 0.2) is 0 Å². The van der Waals surface area contributed by atoms with Crippen LogP contribution in [0.3, 0.4) is 0 Å². The van der Waals surface area contributed by atoms with E-state index in [1.54, 1.807) is 49.4 Å². The van der Waals surface area contributed by atoms with Crippen molar-refractivity contribution in [1.82, 2.24) is 10.2 Å². The molecular weight excluding hydrogens is 450 g/mol. The zero-order valence-electron chi connectivity index (χ0n) is 17.1. The fraction of sp³-hybridized carbons (Fsp3) is 0.0952. The number of aryl methyl sites for hydroxylation is 1. The first-order valence-corrected chi connectivity index (χ1v) is 11.7. The monoisotopic (exact) mass is 469 g/mol. The number of nitrogens with zero attached hydrogens (tertiary/aromatic N) is 3. The van der Waals surface area contributed by atoms with Crippen LogP contribution in [0.15, 0.2) is 75.4 Å². The molecular formula is C21H19N5O4S2. The maximum atomic E-state index is 13.0. The normalized spacial score (nSPS) is 11.2. The first-order chi connectivity index (χ1) is 15.3. The molecule has 2 aromatic carbocycles. The highest BCUT2D eigenvalue weighted by atomic mass is 32.2. The molecule has 32 heavy (non-hydrogen) atoms. The SMILES string of the molecule is Cc1nnc(-c2ccc(S(=O)(=O)N(C)c3ccc(NC(=O)Nc4ccccc4)cc3)s2)o1. The Kier molecular flexibility index (Phi) is 5.93. The quantitative estimate of drug-likeness (QED) is 0.427. The highest BCUT2D eigenvalue weighted by Gasteiger charge is 2.24. The van der Waals surface area contributed by atoms with Crippen molar-refractivity contribution >= 4 is 44.5 Å². The molecule has 2 heterocycles. The van der Waals surface area contributed by atoms with Crippen LogP contribution in [0.1, 0.15) is 5.89 Å². The Bertz CT molecular complexity index is 1330. The summed E-state index contributed by atoms with van der Waals surface area (Å²) in [5, 5.41) is 13.1. The molecule has 0 saturated heterocycles. The summed E-state index contributed by atoms with van der Waals surface area (Å²) in [5.41, 5.74) is 1.64. The smallest absolute Gasteiger partial charge is 0.323 e. The van der Waals surface area contributed by atoms with E-state index < -0.39 is 16.1 Å².